The van der Waals surface area contributed by atoms with Gasteiger partial charge in [-0.25, -0.2) is 0 Å². The van der Waals surface area contributed by atoms with Crippen LogP contribution < -0.4 is 5.73 Å². The standard InChI is InChI=1S/C14H19F3N2O2/c1-20-9-2-3-13(19-21-10-8-18)11-4-6-12(7-5-11)14(15,16)17/h4-7H,2-3,8-10,18H2,1H3/b19-13-. The number of ether oxygens (including phenoxy) is 1. The second-order valence-corrected chi connectivity index (χ2v) is 4.33. The van der Waals surface area contributed by atoms with Gasteiger partial charge in [-0.1, -0.05) is 17.3 Å². The van der Waals surface area contributed by atoms with E-state index in [2.05, 4.69) is 5.16 Å². The maximum absolute atomic E-state index is 12.5. The van der Waals surface area contributed by atoms with Gasteiger partial charge in [0.25, 0.3) is 0 Å². The monoisotopic (exact) mass is 304 g/mol. The highest BCUT2D eigenvalue weighted by atomic mass is 19.4. The first-order chi connectivity index (χ1) is 9.99. The lowest BCUT2D eigenvalue weighted by atomic mass is 10.0. The van der Waals surface area contributed by atoms with Crippen molar-refractivity contribution in [2.75, 3.05) is 26.9 Å². The van der Waals surface area contributed by atoms with E-state index in [-0.39, 0.29) is 6.61 Å². The van der Waals surface area contributed by atoms with Gasteiger partial charge >= 0.3 is 6.18 Å². The molecule has 0 atom stereocenters. The Bertz CT molecular complexity index is 445. The van der Waals surface area contributed by atoms with Crippen LogP contribution in [0, 0.1) is 0 Å². The van der Waals surface area contributed by atoms with Crippen LogP contribution in [0.5, 0.6) is 0 Å². The zero-order chi connectivity index (χ0) is 15.7. The van der Waals surface area contributed by atoms with E-state index in [1.807, 2.05) is 0 Å². The van der Waals surface area contributed by atoms with Gasteiger partial charge in [-0.15, -0.1) is 0 Å². The van der Waals surface area contributed by atoms with Gasteiger partial charge in [0, 0.05) is 20.3 Å². The molecular weight excluding hydrogens is 285 g/mol. The van der Waals surface area contributed by atoms with E-state index in [0.717, 1.165) is 12.1 Å². The van der Waals surface area contributed by atoms with E-state index in [1.54, 1.807) is 7.11 Å². The van der Waals surface area contributed by atoms with E-state index < -0.39 is 11.7 Å². The summed E-state index contributed by atoms with van der Waals surface area (Å²) in [6.07, 6.45) is -3.10. The van der Waals surface area contributed by atoms with Crippen molar-refractivity contribution >= 4 is 5.71 Å². The molecule has 0 aliphatic rings. The summed E-state index contributed by atoms with van der Waals surface area (Å²) in [6.45, 7) is 1.12. The minimum atomic E-state index is -4.35. The Balaban J connectivity index is 2.83. The molecule has 0 aromatic heterocycles. The molecule has 0 unspecified atom stereocenters. The van der Waals surface area contributed by atoms with E-state index in [0.29, 0.717) is 37.3 Å². The summed E-state index contributed by atoms with van der Waals surface area (Å²) in [5, 5.41) is 3.95. The number of hydrogen-bond donors (Lipinski definition) is 1. The Morgan fingerprint density at radius 1 is 1.19 bits per heavy atom. The van der Waals surface area contributed by atoms with Gasteiger partial charge in [0.2, 0.25) is 0 Å². The quantitative estimate of drug-likeness (QED) is 0.456. The average molecular weight is 304 g/mol. The van der Waals surface area contributed by atoms with Crippen molar-refractivity contribution in [2.45, 2.75) is 19.0 Å². The Morgan fingerprint density at radius 2 is 1.86 bits per heavy atom. The Hall–Kier alpha value is -1.60. The van der Waals surface area contributed by atoms with Crippen LogP contribution in [0.2, 0.25) is 0 Å². The minimum Gasteiger partial charge on any atom is -0.394 e. The van der Waals surface area contributed by atoms with Crippen LogP contribution in [0.15, 0.2) is 29.4 Å². The molecule has 7 heteroatoms. The molecule has 0 heterocycles. The van der Waals surface area contributed by atoms with Crippen LogP contribution in [0.1, 0.15) is 24.0 Å². The molecule has 1 rings (SSSR count). The van der Waals surface area contributed by atoms with Crippen molar-refractivity contribution in [2.24, 2.45) is 10.9 Å². The van der Waals surface area contributed by atoms with Crippen LogP contribution in [0.25, 0.3) is 0 Å². The molecule has 21 heavy (non-hydrogen) atoms. The summed E-state index contributed by atoms with van der Waals surface area (Å²) in [5.74, 6) is 0. The molecular formula is C14H19F3N2O2. The Labute approximate surface area is 121 Å². The van der Waals surface area contributed by atoms with E-state index >= 15 is 0 Å². The molecule has 0 spiro atoms. The summed E-state index contributed by atoms with van der Waals surface area (Å²) in [4.78, 5) is 5.03. The van der Waals surface area contributed by atoms with Gasteiger partial charge in [-0.05, 0) is 30.5 Å². The first-order valence-corrected chi connectivity index (χ1v) is 6.54. The van der Waals surface area contributed by atoms with Crippen LogP contribution >= 0.6 is 0 Å². The molecule has 0 fully saturated rings. The molecule has 4 nitrogen and oxygen atoms in total. The average Bonchev–Trinajstić information content (AvgIpc) is 2.45. The normalized spacial score (nSPS) is 12.5. The highest BCUT2D eigenvalue weighted by molar-refractivity contribution is 6.00. The van der Waals surface area contributed by atoms with Gasteiger partial charge in [0.1, 0.15) is 6.61 Å². The molecule has 0 radical (unpaired) electrons. The number of rotatable bonds is 8. The number of nitrogens with two attached hydrogens (primary N) is 1. The van der Waals surface area contributed by atoms with Gasteiger partial charge in [0.05, 0.1) is 11.3 Å². The molecule has 118 valence electrons. The molecule has 0 saturated heterocycles. The largest absolute Gasteiger partial charge is 0.416 e. The molecule has 0 bridgehead atoms. The Morgan fingerprint density at radius 3 is 2.38 bits per heavy atom. The van der Waals surface area contributed by atoms with Crippen molar-refractivity contribution < 1.29 is 22.7 Å². The Kier molecular flexibility index (Phi) is 7.18. The zero-order valence-corrected chi connectivity index (χ0v) is 11.8. The molecule has 0 amide bonds. The lowest BCUT2D eigenvalue weighted by Crippen LogP contribution is -2.10. The third kappa shape index (κ3) is 6.14. The van der Waals surface area contributed by atoms with E-state index in [4.69, 9.17) is 15.3 Å². The maximum Gasteiger partial charge on any atom is 0.416 e. The maximum atomic E-state index is 12.5. The fraction of sp³-hybridized carbons (Fsp3) is 0.500. The van der Waals surface area contributed by atoms with Crippen molar-refractivity contribution in [1.82, 2.24) is 0 Å². The van der Waals surface area contributed by atoms with Gasteiger partial charge in [0.15, 0.2) is 0 Å². The third-order valence-corrected chi connectivity index (χ3v) is 2.69. The number of oxime groups is 1. The summed E-state index contributed by atoms with van der Waals surface area (Å²) in [6, 6.07) is 4.84. The van der Waals surface area contributed by atoms with Gasteiger partial charge in [-0.3, -0.25) is 0 Å². The predicted molar refractivity (Wildman–Crippen MR) is 74.1 cm³/mol. The smallest absolute Gasteiger partial charge is 0.394 e. The van der Waals surface area contributed by atoms with Crippen LogP contribution in [-0.2, 0) is 15.8 Å². The number of benzene rings is 1. The molecule has 1 aromatic rings. The van der Waals surface area contributed by atoms with Crippen LogP contribution in [-0.4, -0.2) is 32.6 Å². The van der Waals surface area contributed by atoms with Crippen molar-refractivity contribution in [3.8, 4) is 0 Å². The van der Waals surface area contributed by atoms with Gasteiger partial charge in [-0.2, -0.15) is 13.2 Å². The molecule has 0 saturated carbocycles. The fourth-order valence-electron chi connectivity index (χ4n) is 1.65. The third-order valence-electron chi connectivity index (χ3n) is 2.69. The topological polar surface area (TPSA) is 56.8 Å². The fourth-order valence-corrected chi connectivity index (χ4v) is 1.65. The number of halogens is 3. The number of methoxy groups -OCH3 is 1. The SMILES string of the molecule is COCCC/C(=N/OCCN)c1ccc(C(F)(F)F)cc1. The number of hydrogen-bond acceptors (Lipinski definition) is 4. The summed E-state index contributed by atoms with van der Waals surface area (Å²) < 4.78 is 42.5. The van der Waals surface area contributed by atoms with E-state index in [9.17, 15) is 13.2 Å². The van der Waals surface area contributed by atoms with E-state index in [1.165, 1.54) is 12.1 Å². The summed E-state index contributed by atoms with van der Waals surface area (Å²) in [5.41, 5.74) is 5.79. The van der Waals surface area contributed by atoms with Crippen LogP contribution in [0.3, 0.4) is 0 Å². The molecule has 0 aliphatic heterocycles. The second-order valence-electron chi connectivity index (χ2n) is 4.33. The molecule has 0 aliphatic carbocycles. The first-order valence-electron chi connectivity index (χ1n) is 6.54. The lowest BCUT2D eigenvalue weighted by molar-refractivity contribution is -0.137. The highest BCUT2D eigenvalue weighted by Gasteiger charge is 2.30. The van der Waals surface area contributed by atoms with Crippen molar-refractivity contribution in [3.05, 3.63) is 35.4 Å². The van der Waals surface area contributed by atoms with Crippen molar-refractivity contribution in [1.29, 1.82) is 0 Å². The highest BCUT2D eigenvalue weighted by Crippen LogP contribution is 2.29. The summed E-state index contributed by atoms with van der Waals surface area (Å²) >= 11 is 0. The number of nitrogens with zero attached hydrogens (tertiary/aromatic N) is 1. The number of alkyl halides is 3. The zero-order valence-electron chi connectivity index (χ0n) is 11.8. The second kappa shape index (κ2) is 8.63. The lowest BCUT2D eigenvalue weighted by Gasteiger charge is -2.09. The molecule has 1 aromatic carbocycles. The summed E-state index contributed by atoms with van der Waals surface area (Å²) in [7, 11) is 1.58. The first kappa shape index (κ1) is 17.5. The van der Waals surface area contributed by atoms with Crippen LogP contribution in [0.4, 0.5) is 13.2 Å². The van der Waals surface area contributed by atoms with Crippen molar-refractivity contribution in [3.63, 3.8) is 0 Å². The predicted octanol–water partition coefficient (Wildman–Crippen LogP) is 2.81. The molecule has 2 N–H and O–H groups in total. The van der Waals surface area contributed by atoms with Gasteiger partial charge < -0.3 is 15.3 Å². The minimum absolute atomic E-state index is 0.258.